The highest BCUT2D eigenvalue weighted by atomic mass is 16.5. The Morgan fingerprint density at radius 3 is 2.95 bits per heavy atom. The van der Waals surface area contributed by atoms with Crippen molar-refractivity contribution in [2.75, 3.05) is 6.61 Å². The Morgan fingerprint density at radius 2 is 2.20 bits per heavy atom. The molecule has 1 N–H and O–H groups in total. The van der Waals surface area contributed by atoms with Crippen LogP contribution < -0.4 is 4.74 Å². The molecule has 1 aliphatic rings. The fourth-order valence-electron chi connectivity index (χ4n) is 3.16. The van der Waals surface area contributed by atoms with E-state index in [0.29, 0.717) is 12.5 Å². The zero-order valence-electron chi connectivity index (χ0n) is 12.7. The van der Waals surface area contributed by atoms with Gasteiger partial charge >= 0.3 is 0 Å². The molecule has 0 radical (unpaired) electrons. The number of pyridine rings is 1. The normalized spacial score (nSPS) is 24.4. The van der Waals surface area contributed by atoms with Gasteiger partial charge in [-0.1, -0.05) is 33.1 Å². The fraction of sp³-hybridized carbons (Fsp3) is 0.706. The molecule has 1 aliphatic carbocycles. The predicted octanol–water partition coefficient (Wildman–Crippen LogP) is 4.12. The van der Waals surface area contributed by atoms with Crippen LogP contribution >= 0.6 is 0 Å². The highest BCUT2D eigenvalue weighted by Crippen LogP contribution is 2.38. The summed E-state index contributed by atoms with van der Waals surface area (Å²) < 4.78 is 5.60. The maximum absolute atomic E-state index is 10.6. The van der Waals surface area contributed by atoms with Gasteiger partial charge in [0, 0.05) is 11.8 Å². The first-order valence-electron chi connectivity index (χ1n) is 8.00. The summed E-state index contributed by atoms with van der Waals surface area (Å²) in [6, 6.07) is 1.95. The monoisotopic (exact) mass is 277 g/mol. The topological polar surface area (TPSA) is 42.4 Å². The van der Waals surface area contributed by atoms with Gasteiger partial charge in [0.25, 0.3) is 0 Å². The molecular formula is C17H27NO2. The molecule has 112 valence electrons. The third kappa shape index (κ3) is 3.95. The summed E-state index contributed by atoms with van der Waals surface area (Å²) in [5.41, 5.74) is 0.903. The van der Waals surface area contributed by atoms with E-state index in [9.17, 15) is 5.11 Å². The molecule has 1 aromatic rings. The summed E-state index contributed by atoms with van der Waals surface area (Å²) in [4.78, 5) is 4.21. The summed E-state index contributed by atoms with van der Waals surface area (Å²) in [6.07, 6.45) is 10.1. The fourth-order valence-corrected chi connectivity index (χ4v) is 3.16. The molecule has 3 nitrogen and oxygen atoms in total. The van der Waals surface area contributed by atoms with Gasteiger partial charge in [0.05, 0.1) is 18.9 Å². The van der Waals surface area contributed by atoms with Crippen LogP contribution in [0.25, 0.3) is 0 Å². The lowest BCUT2D eigenvalue weighted by atomic mass is 9.76. The number of aliphatic hydroxyl groups excluding tert-OH is 1. The number of hydrogen-bond acceptors (Lipinski definition) is 3. The van der Waals surface area contributed by atoms with E-state index in [4.69, 9.17) is 4.74 Å². The minimum atomic E-state index is -0.401. The lowest BCUT2D eigenvalue weighted by Crippen LogP contribution is -2.21. The van der Waals surface area contributed by atoms with Gasteiger partial charge in [-0.15, -0.1) is 0 Å². The van der Waals surface area contributed by atoms with Gasteiger partial charge < -0.3 is 9.84 Å². The lowest BCUT2D eigenvalue weighted by Gasteiger charge is -2.31. The molecule has 20 heavy (non-hydrogen) atoms. The minimum absolute atomic E-state index is 0.372. The van der Waals surface area contributed by atoms with Crippen LogP contribution in [0.15, 0.2) is 18.5 Å². The Kier molecular flexibility index (Phi) is 5.84. The molecule has 1 aromatic heterocycles. The molecule has 0 saturated heterocycles. The van der Waals surface area contributed by atoms with Gasteiger partial charge in [-0.2, -0.15) is 0 Å². The van der Waals surface area contributed by atoms with Crippen LogP contribution in [-0.2, 0) is 0 Å². The summed E-state index contributed by atoms with van der Waals surface area (Å²) in [7, 11) is 0. The Bertz CT molecular complexity index is 408. The van der Waals surface area contributed by atoms with Crippen molar-refractivity contribution in [1.82, 2.24) is 4.98 Å². The molecule has 0 aliphatic heterocycles. The molecule has 1 saturated carbocycles. The van der Waals surface area contributed by atoms with Crippen molar-refractivity contribution in [3.8, 4) is 5.75 Å². The molecule has 0 amide bonds. The van der Waals surface area contributed by atoms with Crippen LogP contribution in [0.4, 0.5) is 0 Å². The first kappa shape index (κ1) is 15.3. The third-order valence-corrected chi connectivity index (χ3v) is 4.40. The van der Waals surface area contributed by atoms with Crippen molar-refractivity contribution in [1.29, 1.82) is 0 Å². The highest BCUT2D eigenvalue weighted by Gasteiger charge is 2.27. The Morgan fingerprint density at radius 1 is 1.35 bits per heavy atom. The summed E-state index contributed by atoms with van der Waals surface area (Å²) in [6.45, 7) is 5.03. The first-order valence-corrected chi connectivity index (χ1v) is 8.00. The molecule has 2 rings (SSSR count). The average Bonchev–Trinajstić information content (AvgIpc) is 2.52. The maximum Gasteiger partial charge on any atom is 0.137 e. The van der Waals surface area contributed by atoms with Crippen molar-refractivity contribution in [2.24, 2.45) is 11.8 Å². The molecule has 3 unspecified atom stereocenters. The Balaban J connectivity index is 2.02. The van der Waals surface area contributed by atoms with E-state index in [1.165, 1.54) is 19.3 Å². The minimum Gasteiger partial charge on any atom is -0.492 e. The Hall–Kier alpha value is -1.09. The van der Waals surface area contributed by atoms with Crippen LogP contribution in [0, 0.1) is 11.8 Å². The van der Waals surface area contributed by atoms with Crippen LogP contribution in [0.2, 0.25) is 0 Å². The number of aliphatic hydroxyl groups is 1. The van der Waals surface area contributed by atoms with Crippen molar-refractivity contribution in [2.45, 2.75) is 58.5 Å². The second-order valence-corrected chi connectivity index (χ2v) is 5.95. The number of rotatable bonds is 6. The molecule has 0 bridgehead atoms. The van der Waals surface area contributed by atoms with Gasteiger partial charge in [0.2, 0.25) is 0 Å². The van der Waals surface area contributed by atoms with Gasteiger partial charge in [0.15, 0.2) is 0 Å². The van der Waals surface area contributed by atoms with E-state index >= 15 is 0 Å². The second-order valence-electron chi connectivity index (χ2n) is 5.95. The quantitative estimate of drug-likeness (QED) is 0.850. The SMILES string of the molecule is CCCOc1cncc(C(O)C2CCCC(CC)C2)c1. The van der Waals surface area contributed by atoms with E-state index in [0.717, 1.165) is 36.5 Å². The number of ether oxygens (including phenoxy) is 1. The Labute approximate surface area is 122 Å². The molecule has 1 fully saturated rings. The van der Waals surface area contributed by atoms with Crippen molar-refractivity contribution >= 4 is 0 Å². The third-order valence-electron chi connectivity index (χ3n) is 4.40. The van der Waals surface area contributed by atoms with Crippen molar-refractivity contribution in [3.63, 3.8) is 0 Å². The van der Waals surface area contributed by atoms with E-state index in [1.807, 2.05) is 6.07 Å². The zero-order valence-corrected chi connectivity index (χ0v) is 12.7. The molecule has 3 atom stereocenters. The van der Waals surface area contributed by atoms with E-state index in [2.05, 4.69) is 18.8 Å². The molecule has 1 heterocycles. The summed E-state index contributed by atoms with van der Waals surface area (Å²) in [5.74, 6) is 1.92. The largest absolute Gasteiger partial charge is 0.492 e. The predicted molar refractivity (Wildman–Crippen MR) is 80.7 cm³/mol. The van der Waals surface area contributed by atoms with Gasteiger partial charge in [-0.25, -0.2) is 0 Å². The smallest absolute Gasteiger partial charge is 0.137 e. The standard InChI is InChI=1S/C17H27NO2/c1-3-8-20-16-10-15(11-18-12-16)17(19)14-7-5-6-13(4-2)9-14/h10-14,17,19H,3-9H2,1-2H3. The van der Waals surface area contributed by atoms with E-state index in [1.54, 1.807) is 12.4 Å². The second kappa shape index (κ2) is 7.63. The summed E-state index contributed by atoms with van der Waals surface area (Å²) in [5, 5.41) is 10.6. The summed E-state index contributed by atoms with van der Waals surface area (Å²) >= 11 is 0. The van der Waals surface area contributed by atoms with Gasteiger partial charge in [-0.3, -0.25) is 4.98 Å². The van der Waals surface area contributed by atoms with Crippen molar-refractivity contribution < 1.29 is 9.84 Å². The highest BCUT2D eigenvalue weighted by molar-refractivity contribution is 5.25. The van der Waals surface area contributed by atoms with Crippen LogP contribution in [0.3, 0.4) is 0 Å². The lowest BCUT2D eigenvalue weighted by molar-refractivity contribution is 0.0673. The molecule has 0 spiro atoms. The maximum atomic E-state index is 10.6. The van der Waals surface area contributed by atoms with E-state index < -0.39 is 6.10 Å². The van der Waals surface area contributed by atoms with Crippen LogP contribution in [0.5, 0.6) is 5.75 Å². The van der Waals surface area contributed by atoms with E-state index in [-0.39, 0.29) is 0 Å². The molecule has 3 heteroatoms. The number of aromatic nitrogens is 1. The van der Waals surface area contributed by atoms with Gasteiger partial charge in [0.1, 0.15) is 5.75 Å². The number of hydrogen-bond donors (Lipinski definition) is 1. The number of nitrogens with zero attached hydrogens (tertiary/aromatic N) is 1. The zero-order chi connectivity index (χ0) is 14.4. The van der Waals surface area contributed by atoms with Gasteiger partial charge in [-0.05, 0) is 37.2 Å². The van der Waals surface area contributed by atoms with Crippen LogP contribution in [-0.4, -0.2) is 16.7 Å². The van der Waals surface area contributed by atoms with Crippen LogP contribution in [0.1, 0.15) is 64.0 Å². The molecule has 0 aromatic carbocycles. The first-order chi connectivity index (χ1) is 9.74. The van der Waals surface area contributed by atoms with Crippen molar-refractivity contribution in [3.05, 3.63) is 24.0 Å². The molecular weight excluding hydrogens is 250 g/mol. The average molecular weight is 277 g/mol.